The van der Waals surface area contributed by atoms with Crippen LogP contribution in [0.15, 0.2) is 12.3 Å². The SMILES string of the molecule is COc1ncc(O)cc1NC(=O)OC(C)(C)C. The summed E-state index contributed by atoms with van der Waals surface area (Å²) in [4.78, 5) is 15.3. The van der Waals surface area contributed by atoms with E-state index in [0.717, 1.165) is 0 Å². The summed E-state index contributed by atoms with van der Waals surface area (Å²) in [5, 5.41) is 11.7. The Bertz CT molecular complexity index is 412. The number of carbonyl (C=O) groups excluding carboxylic acids is 1. The van der Waals surface area contributed by atoms with E-state index in [1.165, 1.54) is 19.4 Å². The van der Waals surface area contributed by atoms with Crippen LogP contribution in [0.2, 0.25) is 0 Å². The maximum absolute atomic E-state index is 11.5. The molecule has 0 saturated carbocycles. The van der Waals surface area contributed by atoms with Crippen molar-refractivity contribution in [2.75, 3.05) is 12.4 Å². The number of nitrogens with one attached hydrogen (secondary N) is 1. The molecule has 6 heteroatoms. The van der Waals surface area contributed by atoms with Crippen LogP contribution in [-0.4, -0.2) is 28.9 Å². The average Bonchev–Trinajstić information content (AvgIpc) is 2.14. The van der Waals surface area contributed by atoms with E-state index >= 15 is 0 Å². The summed E-state index contributed by atoms with van der Waals surface area (Å²) in [6.45, 7) is 5.26. The van der Waals surface area contributed by atoms with E-state index in [9.17, 15) is 9.90 Å². The lowest BCUT2D eigenvalue weighted by Crippen LogP contribution is -2.27. The second kappa shape index (κ2) is 4.90. The van der Waals surface area contributed by atoms with Gasteiger partial charge in [-0.25, -0.2) is 9.78 Å². The average molecular weight is 240 g/mol. The third-order valence-corrected chi connectivity index (χ3v) is 1.67. The first-order valence-electron chi connectivity index (χ1n) is 5.05. The van der Waals surface area contributed by atoms with E-state index < -0.39 is 11.7 Å². The van der Waals surface area contributed by atoms with Crippen molar-refractivity contribution in [3.05, 3.63) is 12.3 Å². The number of amides is 1. The topological polar surface area (TPSA) is 80.7 Å². The van der Waals surface area contributed by atoms with Gasteiger partial charge < -0.3 is 14.6 Å². The van der Waals surface area contributed by atoms with Crippen LogP contribution in [0.5, 0.6) is 11.6 Å². The second-order valence-electron chi connectivity index (χ2n) is 4.38. The molecule has 1 aromatic heterocycles. The molecule has 0 radical (unpaired) electrons. The van der Waals surface area contributed by atoms with E-state index in [-0.39, 0.29) is 17.3 Å². The minimum atomic E-state index is -0.636. The highest BCUT2D eigenvalue weighted by molar-refractivity contribution is 5.86. The lowest BCUT2D eigenvalue weighted by molar-refractivity contribution is 0.0635. The molecular weight excluding hydrogens is 224 g/mol. The van der Waals surface area contributed by atoms with Gasteiger partial charge in [0.1, 0.15) is 17.0 Å². The van der Waals surface area contributed by atoms with Crippen LogP contribution in [0, 0.1) is 0 Å². The minimum Gasteiger partial charge on any atom is -0.506 e. The number of nitrogens with zero attached hydrogens (tertiary/aromatic N) is 1. The third kappa shape index (κ3) is 4.18. The van der Waals surface area contributed by atoms with Crippen LogP contribution in [0.1, 0.15) is 20.8 Å². The third-order valence-electron chi connectivity index (χ3n) is 1.67. The van der Waals surface area contributed by atoms with Crippen molar-refractivity contribution in [2.45, 2.75) is 26.4 Å². The van der Waals surface area contributed by atoms with Crippen molar-refractivity contribution in [1.29, 1.82) is 0 Å². The van der Waals surface area contributed by atoms with Gasteiger partial charge in [0.2, 0.25) is 5.88 Å². The van der Waals surface area contributed by atoms with Gasteiger partial charge in [0.05, 0.1) is 13.3 Å². The van der Waals surface area contributed by atoms with Gasteiger partial charge in [0.15, 0.2) is 0 Å². The van der Waals surface area contributed by atoms with Crippen LogP contribution in [0.25, 0.3) is 0 Å². The summed E-state index contributed by atoms with van der Waals surface area (Å²) in [5.74, 6) is 0.130. The van der Waals surface area contributed by atoms with Crippen molar-refractivity contribution in [3.63, 3.8) is 0 Å². The van der Waals surface area contributed by atoms with E-state index in [1.54, 1.807) is 20.8 Å². The van der Waals surface area contributed by atoms with Crippen molar-refractivity contribution in [2.24, 2.45) is 0 Å². The van der Waals surface area contributed by atoms with Gasteiger partial charge in [-0.1, -0.05) is 0 Å². The number of ether oxygens (including phenoxy) is 2. The summed E-state index contributed by atoms with van der Waals surface area (Å²) in [5.41, 5.74) is -0.344. The Hall–Kier alpha value is -1.98. The van der Waals surface area contributed by atoms with E-state index in [0.29, 0.717) is 0 Å². The van der Waals surface area contributed by atoms with Crippen molar-refractivity contribution < 1.29 is 19.4 Å². The molecule has 1 rings (SSSR count). The van der Waals surface area contributed by atoms with Gasteiger partial charge in [0.25, 0.3) is 0 Å². The van der Waals surface area contributed by atoms with E-state index in [1.807, 2.05) is 0 Å². The lowest BCUT2D eigenvalue weighted by atomic mass is 10.2. The van der Waals surface area contributed by atoms with Crippen molar-refractivity contribution in [3.8, 4) is 11.6 Å². The van der Waals surface area contributed by atoms with Crippen LogP contribution < -0.4 is 10.1 Å². The zero-order valence-corrected chi connectivity index (χ0v) is 10.3. The molecule has 0 aliphatic rings. The fourth-order valence-electron chi connectivity index (χ4n) is 1.11. The Balaban J connectivity index is 2.80. The van der Waals surface area contributed by atoms with Crippen molar-refractivity contribution in [1.82, 2.24) is 4.98 Å². The molecule has 0 unspecified atom stereocenters. The van der Waals surface area contributed by atoms with Gasteiger partial charge in [0, 0.05) is 6.07 Å². The zero-order valence-electron chi connectivity index (χ0n) is 10.3. The molecule has 94 valence electrons. The standard InChI is InChI=1S/C11H16N2O4/c1-11(2,3)17-10(15)13-8-5-7(14)6-12-9(8)16-4/h5-6,14H,1-4H3,(H,13,15). The monoisotopic (exact) mass is 240 g/mol. The minimum absolute atomic E-state index is 0.0724. The van der Waals surface area contributed by atoms with Crippen LogP contribution in [-0.2, 0) is 4.74 Å². The van der Waals surface area contributed by atoms with Gasteiger partial charge in [-0.2, -0.15) is 0 Å². The molecule has 0 aliphatic carbocycles. The maximum Gasteiger partial charge on any atom is 0.412 e. The van der Waals surface area contributed by atoms with Crippen LogP contribution in [0.4, 0.5) is 10.5 Å². The molecule has 0 atom stereocenters. The molecule has 0 saturated heterocycles. The Labute approximate surface area is 99.6 Å². The van der Waals surface area contributed by atoms with E-state index in [2.05, 4.69) is 10.3 Å². The number of hydrogen-bond acceptors (Lipinski definition) is 5. The maximum atomic E-state index is 11.5. The summed E-state index contributed by atoms with van der Waals surface area (Å²) >= 11 is 0. The van der Waals surface area contributed by atoms with Crippen LogP contribution in [0.3, 0.4) is 0 Å². The fraction of sp³-hybridized carbons (Fsp3) is 0.455. The highest BCUT2D eigenvalue weighted by Crippen LogP contribution is 2.25. The Morgan fingerprint density at radius 2 is 2.12 bits per heavy atom. The first kappa shape index (κ1) is 13.1. The Morgan fingerprint density at radius 1 is 1.47 bits per heavy atom. The number of aromatic nitrogens is 1. The molecule has 1 heterocycles. The molecule has 0 spiro atoms. The molecule has 0 aliphatic heterocycles. The molecule has 0 bridgehead atoms. The number of rotatable bonds is 2. The first-order valence-corrected chi connectivity index (χ1v) is 5.05. The van der Waals surface area contributed by atoms with Gasteiger partial charge in [-0.15, -0.1) is 0 Å². The van der Waals surface area contributed by atoms with Gasteiger partial charge >= 0.3 is 6.09 Å². The highest BCUT2D eigenvalue weighted by Gasteiger charge is 2.18. The lowest BCUT2D eigenvalue weighted by Gasteiger charge is -2.20. The summed E-state index contributed by atoms with van der Waals surface area (Å²) < 4.78 is 10.0. The van der Waals surface area contributed by atoms with Gasteiger partial charge in [-0.05, 0) is 20.8 Å². The van der Waals surface area contributed by atoms with Gasteiger partial charge in [-0.3, -0.25) is 5.32 Å². The molecule has 1 aromatic rings. The molecule has 6 nitrogen and oxygen atoms in total. The number of carbonyl (C=O) groups is 1. The Kier molecular flexibility index (Phi) is 3.77. The molecule has 2 N–H and O–H groups in total. The van der Waals surface area contributed by atoms with Crippen molar-refractivity contribution >= 4 is 11.8 Å². The quantitative estimate of drug-likeness (QED) is 0.827. The summed E-state index contributed by atoms with van der Waals surface area (Å²) in [7, 11) is 1.42. The summed E-state index contributed by atoms with van der Waals surface area (Å²) in [6.07, 6.45) is 0.585. The molecule has 0 fully saturated rings. The smallest absolute Gasteiger partial charge is 0.412 e. The number of methoxy groups -OCH3 is 1. The number of pyridine rings is 1. The largest absolute Gasteiger partial charge is 0.506 e. The molecule has 0 aromatic carbocycles. The highest BCUT2D eigenvalue weighted by atomic mass is 16.6. The fourth-order valence-corrected chi connectivity index (χ4v) is 1.11. The predicted octanol–water partition coefficient (Wildman–Crippen LogP) is 2.14. The molecule has 1 amide bonds. The van der Waals surface area contributed by atoms with E-state index in [4.69, 9.17) is 9.47 Å². The second-order valence-corrected chi connectivity index (χ2v) is 4.38. The number of hydrogen-bond donors (Lipinski definition) is 2. The molecule has 17 heavy (non-hydrogen) atoms. The number of aromatic hydroxyl groups is 1. The normalized spacial score (nSPS) is 10.8. The van der Waals surface area contributed by atoms with Crippen LogP contribution >= 0.6 is 0 Å². The predicted molar refractivity (Wildman–Crippen MR) is 62.3 cm³/mol. The Morgan fingerprint density at radius 3 is 2.65 bits per heavy atom. The first-order chi connectivity index (χ1) is 7.81. The number of anilines is 1. The summed E-state index contributed by atoms with van der Waals surface area (Å²) in [6, 6.07) is 1.33. The molecular formula is C11H16N2O4. The zero-order chi connectivity index (χ0) is 13.1.